The average Bonchev–Trinajstić information content (AvgIpc) is 2.40. The highest BCUT2D eigenvalue weighted by atomic mass is 16.5. The predicted molar refractivity (Wildman–Crippen MR) is 81.4 cm³/mol. The quantitative estimate of drug-likeness (QED) is 0.549. The molecule has 0 radical (unpaired) electrons. The number of rotatable bonds is 6. The number of carbonyl (C=O) groups excluding carboxylic acids is 1. The van der Waals surface area contributed by atoms with Crippen LogP contribution in [-0.4, -0.2) is 30.2 Å². The number of ether oxygens (including phenoxy) is 1. The number of carboxylic acids is 1. The maximum atomic E-state index is 11.8. The lowest BCUT2D eigenvalue weighted by Gasteiger charge is -2.20. The number of methoxy groups -OCH3 is 1. The van der Waals surface area contributed by atoms with Gasteiger partial charge in [-0.15, -0.1) is 0 Å². The van der Waals surface area contributed by atoms with Crippen molar-refractivity contribution in [3.8, 4) is 0 Å². The highest BCUT2D eigenvalue weighted by Gasteiger charge is 2.21. The molecule has 0 aliphatic rings. The van der Waals surface area contributed by atoms with Gasteiger partial charge in [0, 0.05) is 11.4 Å². The van der Waals surface area contributed by atoms with Gasteiger partial charge in [0.1, 0.15) is 6.04 Å². The molecule has 1 aromatic carbocycles. The van der Waals surface area contributed by atoms with Gasteiger partial charge in [0.05, 0.1) is 12.7 Å². The standard InChI is InChI=1S/C15H22N2O4/c1-8(2)5-12(15(20)21-4)17-10-6-9(3)13(16)11(7-10)14(18)19/h6-8,12,17H,5,16H2,1-4H3,(H,18,19). The fraction of sp³-hybridized carbons (Fsp3) is 0.467. The number of aromatic carboxylic acids is 1. The van der Waals surface area contributed by atoms with Crippen LogP contribution < -0.4 is 11.1 Å². The van der Waals surface area contributed by atoms with Crippen LogP contribution in [0.15, 0.2) is 12.1 Å². The fourth-order valence-corrected chi connectivity index (χ4v) is 2.09. The molecule has 4 N–H and O–H groups in total. The smallest absolute Gasteiger partial charge is 0.337 e. The van der Waals surface area contributed by atoms with Crippen LogP contribution in [0.5, 0.6) is 0 Å². The zero-order chi connectivity index (χ0) is 16.2. The molecule has 1 rings (SSSR count). The molecule has 1 unspecified atom stereocenters. The summed E-state index contributed by atoms with van der Waals surface area (Å²) in [6.45, 7) is 5.71. The van der Waals surface area contributed by atoms with E-state index in [1.165, 1.54) is 13.2 Å². The Morgan fingerprint density at radius 3 is 2.48 bits per heavy atom. The van der Waals surface area contributed by atoms with E-state index in [9.17, 15) is 9.59 Å². The van der Waals surface area contributed by atoms with Crippen molar-refractivity contribution < 1.29 is 19.4 Å². The van der Waals surface area contributed by atoms with Gasteiger partial charge in [0.15, 0.2) is 0 Å². The van der Waals surface area contributed by atoms with Gasteiger partial charge in [-0.2, -0.15) is 0 Å². The molecule has 0 aromatic heterocycles. The van der Waals surface area contributed by atoms with Crippen molar-refractivity contribution in [1.82, 2.24) is 0 Å². The number of carbonyl (C=O) groups is 2. The molecule has 6 heteroatoms. The lowest BCUT2D eigenvalue weighted by molar-refractivity contribution is -0.141. The van der Waals surface area contributed by atoms with E-state index in [2.05, 4.69) is 5.32 Å². The van der Waals surface area contributed by atoms with Crippen molar-refractivity contribution in [1.29, 1.82) is 0 Å². The predicted octanol–water partition coefficient (Wildman–Crippen LogP) is 2.28. The van der Waals surface area contributed by atoms with Crippen LogP contribution in [0.2, 0.25) is 0 Å². The third-order valence-corrected chi connectivity index (χ3v) is 3.15. The number of hydrogen-bond donors (Lipinski definition) is 3. The molecule has 0 aliphatic heterocycles. The van der Waals surface area contributed by atoms with E-state index < -0.39 is 12.0 Å². The van der Waals surface area contributed by atoms with Crippen LogP contribution in [-0.2, 0) is 9.53 Å². The summed E-state index contributed by atoms with van der Waals surface area (Å²) in [5.41, 5.74) is 7.18. The molecule has 0 saturated carbocycles. The number of nitrogen functional groups attached to an aromatic ring is 1. The van der Waals surface area contributed by atoms with Gasteiger partial charge in [-0.25, -0.2) is 9.59 Å². The Bertz CT molecular complexity index is 541. The van der Waals surface area contributed by atoms with Crippen LogP contribution in [0.3, 0.4) is 0 Å². The number of hydrogen-bond acceptors (Lipinski definition) is 5. The second-order valence-corrected chi connectivity index (χ2v) is 5.41. The Morgan fingerprint density at radius 1 is 1.38 bits per heavy atom. The summed E-state index contributed by atoms with van der Waals surface area (Å²) >= 11 is 0. The van der Waals surface area contributed by atoms with Crippen molar-refractivity contribution in [2.45, 2.75) is 33.2 Å². The summed E-state index contributed by atoms with van der Waals surface area (Å²) in [5, 5.41) is 12.2. The number of aryl methyl sites for hydroxylation is 1. The molecule has 1 atom stereocenters. The Morgan fingerprint density at radius 2 is 2.00 bits per heavy atom. The Kier molecular flexibility index (Phi) is 5.58. The van der Waals surface area contributed by atoms with Gasteiger partial charge in [-0.3, -0.25) is 0 Å². The molecule has 6 nitrogen and oxygen atoms in total. The zero-order valence-corrected chi connectivity index (χ0v) is 12.8. The summed E-state index contributed by atoms with van der Waals surface area (Å²) < 4.78 is 4.77. The molecule has 0 saturated heterocycles. The molecule has 0 amide bonds. The summed E-state index contributed by atoms with van der Waals surface area (Å²) in [7, 11) is 1.33. The van der Waals surface area contributed by atoms with Crippen LogP contribution in [0.1, 0.15) is 36.2 Å². The molecule has 1 aromatic rings. The second kappa shape index (κ2) is 6.97. The minimum atomic E-state index is -1.10. The van der Waals surface area contributed by atoms with Crippen molar-refractivity contribution in [3.63, 3.8) is 0 Å². The van der Waals surface area contributed by atoms with Gasteiger partial charge < -0.3 is 20.9 Å². The van der Waals surface area contributed by atoms with Crippen LogP contribution in [0, 0.1) is 12.8 Å². The molecule has 0 heterocycles. The van der Waals surface area contributed by atoms with Crippen LogP contribution >= 0.6 is 0 Å². The van der Waals surface area contributed by atoms with Crippen molar-refractivity contribution in [2.75, 3.05) is 18.2 Å². The molecular weight excluding hydrogens is 272 g/mol. The lowest BCUT2D eigenvalue weighted by Crippen LogP contribution is -2.32. The van der Waals surface area contributed by atoms with E-state index in [1.54, 1.807) is 13.0 Å². The lowest BCUT2D eigenvalue weighted by atomic mass is 10.0. The number of nitrogens with one attached hydrogen (secondary N) is 1. The fourth-order valence-electron chi connectivity index (χ4n) is 2.09. The first-order valence-electron chi connectivity index (χ1n) is 6.74. The SMILES string of the molecule is COC(=O)C(CC(C)C)Nc1cc(C)c(N)c(C(=O)O)c1. The third-order valence-electron chi connectivity index (χ3n) is 3.15. The average molecular weight is 294 g/mol. The normalized spacial score (nSPS) is 12.0. The zero-order valence-electron chi connectivity index (χ0n) is 12.8. The molecule has 0 spiro atoms. The molecule has 116 valence electrons. The van der Waals surface area contributed by atoms with E-state index in [4.69, 9.17) is 15.6 Å². The van der Waals surface area contributed by atoms with Crippen molar-refractivity contribution in [2.24, 2.45) is 5.92 Å². The molecule has 0 bridgehead atoms. The number of carboxylic acid groups (broad SMARTS) is 1. The number of esters is 1. The summed E-state index contributed by atoms with van der Waals surface area (Å²) in [4.78, 5) is 23.0. The van der Waals surface area contributed by atoms with Gasteiger partial charge in [0.25, 0.3) is 0 Å². The maximum Gasteiger partial charge on any atom is 0.337 e. The number of nitrogens with two attached hydrogens (primary N) is 1. The minimum absolute atomic E-state index is 0.0191. The Hall–Kier alpha value is -2.24. The molecular formula is C15H22N2O4. The van der Waals surface area contributed by atoms with Crippen molar-refractivity contribution >= 4 is 23.3 Å². The van der Waals surface area contributed by atoms with E-state index in [0.29, 0.717) is 17.7 Å². The highest BCUT2D eigenvalue weighted by molar-refractivity contribution is 5.96. The monoisotopic (exact) mass is 294 g/mol. The largest absolute Gasteiger partial charge is 0.478 e. The maximum absolute atomic E-state index is 11.8. The van der Waals surface area contributed by atoms with E-state index in [-0.39, 0.29) is 23.1 Å². The summed E-state index contributed by atoms with van der Waals surface area (Å²) in [6.07, 6.45) is 0.582. The number of benzene rings is 1. The van der Waals surface area contributed by atoms with E-state index in [0.717, 1.165) is 0 Å². The third kappa shape index (κ3) is 4.37. The van der Waals surface area contributed by atoms with Gasteiger partial charge in [-0.1, -0.05) is 13.8 Å². The number of anilines is 2. The topological polar surface area (TPSA) is 102 Å². The molecule has 21 heavy (non-hydrogen) atoms. The van der Waals surface area contributed by atoms with Crippen LogP contribution in [0.25, 0.3) is 0 Å². The summed E-state index contributed by atoms with van der Waals surface area (Å²) in [6, 6.07) is 2.62. The molecule has 0 aliphatic carbocycles. The van der Waals surface area contributed by atoms with Gasteiger partial charge >= 0.3 is 11.9 Å². The second-order valence-electron chi connectivity index (χ2n) is 5.41. The van der Waals surface area contributed by atoms with Gasteiger partial charge in [0.2, 0.25) is 0 Å². The Balaban J connectivity index is 3.09. The minimum Gasteiger partial charge on any atom is -0.478 e. The van der Waals surface area contributed by atoms with Crippen molar-refractivity contribution in [3.05, 3.63) is 23.3 Å². The summed E-state index contributed by atoms with van der Waals surface area (Å²) in [5.74, 6) is -1.19. The van der Waals surface area contributed by atoms with Crippen LogP contribution in [0.4, 0.5) is 11.4 Å². The Labute approximate surface area is 124 Å². The highest BCUT2D eigenvalue weighted by Crippen LogP contribution is 2.24. The first kappa shape index (κ1) is 16.8. The first-order chi connectivity index (χ1) is 9.76. The molecule has 0 fully saturated rings. The van der Waals surface area contributed by atoms with E-state index >= 15 is 0 Å². The first-order valence-corrected chi connectivity index (χ1v) is 6.74. The van der Waals surface area contributed by atoms with E-state index in [1.807, 2.05) is 13.8 Å². The van der Waals surface area contributed by atoms with Gasteiger partial charge in [-0.05, 0) is 37.0 Å².